The van der Waals surface area contributed by atoms with Gasteiger partial charge in [-0.15, -0.1) is 10.2 Å². The summed E-state index contributed by atoms with van der Waals surface area (Å²) in [6, 6.07) is 13.2. The Kier molecular flexibility index (Phi) is 6.17. The zero-order valence-corrected chi connectivity index (χ0v) is 18.0. The topological polar surface area (TPSA) is 87.2 Å². The molecule has 1 aromatic heterocycles. The Bertz CT molecular complexity index is 1070. The monoisotopic (exact) mass is 461 g/mol. The van der Waals surface area contributed by atoms with Gasteiger partial charge < -0.3 is 10.2 Å². The van der Waals surface area contributed by atoms with Gasteiger partial charge in [-0.05, 0) is 43.2 Å². The average molecular weight is 462 g/mol. The molecule has 3 amide bonds. The van der Waals surface area contributed by atoms with E-state index in [-0.39, 0.29) is 11.9 Å². The van der Waals surface area contributed by atoms with Crippen LogP contribution in [0, 0.1) is 0 Å². The molecule has 4 rings (SSSR count). The van der Waals surface area contributed by atoms with Gasteiger partial charge in [0.25, 0.3) is 0 Å². The van der Waals surface area contributed by atoms with Gasteiger partial charge in [-0.1, -0.05) is 52.7 Å². The van der Waals surface area contributed by atoms with E-state index >= 15 is 0 Å². The number of halogens is 2. The summed E-state index contributed by atoms with van der Waals surface area (Å²) in [6.45, 7) is 0.497. The molecule has 0 saturated carbocycles. The third-order valence-corrected chi connectivity index (χ3v) is 6.01. The first-order valence-electron chi connectivity index (χ1n) is 9.23. The Morgan fingerprint density at radius 2 is 1.83 bits per heavy atom. The van der Waals surface area contributed by atoms with Gasteiger partial charge in [0.05, 0.1) is 0 Å². The van der Waals surface area contributed by atoms with Crippen LogP contribution in [-0.2, 0) is 4.79 Å². The molecule has 1 aliphatic heterocycles. The van der Waals surface area contributed by atoms with Crippen molar-refractivity contribution in [3.8, 4) is 10.6 Å². The van der Waals surface area contributed by atoms with E-state index < -0.39 is 6.04 Å². The number of hydrogen-bond donors (Lipinski definition) is 2. The van der Waals surface area contributed by atoms with E-state index in [1.54, 1.807) is 36.4 Å². The van der Waals surface area contributed by atoms with E-state index in [0.29, 0.717) is 38.8 Å². The van der Waals surface area contributed by atoms with E-state index in [0.717, 1.165) is 12.0 Å². The van der Waals surface area contributed by atoms with Crippen LogP contribution < -0.4 is 10.6 Å². The third-order valence-electron chi connectivity index (χ3n) is 4.64. The van der Waals surface area contributed by atoms with E-state index in [9.17, 15) is 9.59 Å². The summed E-state index contributed by atoms with van der Waals surface area (Å²) in [7, 11) is 0. The summed E-state index contributed by atoms with van der Waals surface area (Å²) in [6.07, 6.45) is 1.32. The fourth-order valence-electron chi connectivity index (χ4n) is 3.22. The number of amides is 3. The number of carbonyl (C=O) groups is 2. The van der Waals surface area contributed by atoms with Gasteiger partial charge >= 0.3 is 6.03 Å². The van der Waals surface area contributed by atoms with Gasteiger partial charge in [0.15, 0.2) is 0 Å². The number of rotatable bonds is 4. The Morgan fingerprint density at radius 1 is 1.03 bits per heavy atom. The second-order valence-electron chi connectivity index (χ2n) is 6.70. The predicted octanol–water partition coefficient (Wildman–Crippen LogP) is 5.15. The number of hydrogen-bond acceptors (Lipinski definition) is 5. The summed E-state index contributed by atoms with van der Waals surface area (Å²) < 4.78 is 0. The van der Waals surface area contributed by atoms with Crippen LogP contribution in [-0.4, -0.2) is 39.6 Å². The van der Waals surface area contributed by atoms with Crippen LogP contribution in [0.4, 0.5) is 15.6 Å². The Balaban J connectivity index is 1.41. The second-order valence-corrected chi connectivity index (χ2v) is 8.55. The standard InChI is InChI=1S/C20H17Cl2N5O2S/c21-13-8-6-12(7-9-13)18-25-26-19(30-18)24-17(28)16-5-2-10-27(16)20(29)23-15-4-1-3-14(22)11-15/h1,3-4,6-9,11,16H,2,5,10H2,(H,23,29)(H,24,26,28). The number of urea groups is 1. The maximum absolute atomic E-state index is 12.8. The summed E-state index contributed by atoms with van der Waals surface area (Å²) >= 11 is 13.1. The highest BCUT2D eigenvalue weighted by atomic mass is 35.5. The zero-order chi connectivity index (χ0) is 21.1. The van der Waals surface area contributed by atoms with Gasteiger partial charge in [0.1, 0.15) is 11.0 Å². The quantitative estimate of drug-likeness (QED) is 0.562. The molecule has 1 atom stereocenters. The lowest BCUT2D eigenvalue weighted by Crippen LogP contribution is -2.45. The maximum atomic E-state index is 12.8. The van der Waals surface area contributed by atoms with Crippen molar-refractivity contribution in [2.24, 2.45) is 0 Å². The van der Waals surface area contributed by atoms with E-state index in [1.165, 1.54) is 16.2 Å². The maximum Gasteiger partial charge on any atom is 0.322 e. The first-order valence-corrected chi connectivity index (χ1v) is 10.8. The minimum absolute atomic E-state index is 0.285. The van der Waals surface area contributed by atoms with Gasteiger partial charge in [0, 0.05) is 27.8 Å². The fraction of sp³-hybridized carbons (Fsp3) is 0.200. The molecule has 154 valence electrons. The molecule has 0 radical (unpaired) electrons. The van der Waals surface area contributed by atoms with Gasteiger partial charge in [-0.25, -0.2) is 4.79 Å². The second kappa shape index (κ2) is 8.99. The lowest BCUT2D eigenvalue weighted by Gasteiger charge is -2.23. The minimum Gasteiger partial charge on any atom is -0.312 e. The van der Waals surface area contributed by atoms with Gasteiger partial charge in [0.2, 0.25) is 11.0 Å². The highest BCUT2D eigenvalue weighted by Gasteiger charge is 2.34. The minimum atomic E-state index is -0.577. The zero-order valence-electron chi connectivity index (χ0n) is 15.6. The molecular formula is C20H17Cl2N5O2S. The van der Waals surface area contributed by atoms with E-state index in [1.807, 2.05) is 12.1 Å². The largest absolute Gasteiger partial charge is 0.322 e. The Hall–Kier alpha value is -2.68. The normalized spacial score (nSPS) is 15.8. The van der Waals surface area contributed by atoms with Crippen LogP contribution >= 0.6 is 34.5 Å². The summed E-state index contributed by atoms with van der Waals surface area (Å²) in [5.41, 5.74) is 1.44. The molecular weight excluding hydrogens is 445 g/mol. The van der Waals surface area contributed by atoms with E-state index in [4.69, 9.17) is 23.2 Å². The summed E-state index contributed by atoms with van der Waals surface area (Å²) in [4.78, 5) is 27.0. The lowest BCUT2D eigenvalue weighted by atomic mass is 10.2. The Morgan fingerprint density at radius 3 is 2.60 bits per heavy atom. The van der Waals surface area contributed by atoms with Crippen LogP contribution in [0.15, 0.2) is 48.5 Å². The smallest absolute Gasteiger partial charge is 0.312 e. The molecule has 10 heteroatoms. The van der Waals surface area contributed by atoms with Crippen molar-refractivity contribution in [1.82, 2.24) is 15.1 Å². The molecule has 2 N–H and O–H groups in total. The predicted molar refractivity (Wildman–Crippen MR) is 119 cm³/mol. The molecule has 30 heavy (non-hydrogen) atoms. The number of nitrogens with one attached hydrogen (secondary N) is 2. The summed E-state index contributed by atoms with van der Waals surface area (Å²) in [5, 5.41) is 15.9. The van der Waals surface area contributed by atoms with Crippen molar-refractivity contribution in [2.45, 2.75) is 18.9 Å². The molecule has 1 fully saturated rings. The van der Waals surface area contributed by atoms with Gasteiger partial charge in [-0.3, -0.25) is 10.1 Å². The van der Waals surface area contributed by atoms with Crippen molar-refractivity contribution >= 4 is 57.3 Å². The highest BCUT2D eigenvalue weighted by molar-refractivity contribution is 7.18. The van der Waals surface area contributed by atoms with E-state index in [2.05, 4.69) is 20.8 Å². The molecule has 2 aromatic carbocycles. The molecule has 1 saturated heterocycles. The van der Waals surface area contributed by atoms with Crippen molar-refractivity contribution in [3.05, 3.63) is 58.6 Å². The van der Waals surface area contributed by atoms with Crippen LogP contribution in [0.25, 0.3) is 10.6 Å². The van der Waals surface area contributed by atoms with Crippen molar-refractivity contribution < 1.29 is 9.59 Å². The highest BCUT2D eigenvalue weighted by Crippen LogP contribution is 2.28. The molecule has 3 aromatic rings. The molecule has 7 nitrogen and oxygen atoms in total. The first-order chi connectivity index (χ1) is 14.5. The molecule has 0 aliphatic carbocycles. The van der Waals surface area contributed by atoms with Crippen molar-refractivity contribution in [1.29, 1.82) is 0 Å². The Labute approximate surface area is 187 Å². The summed E-state index contributed by atoms with van der Waals surface area (Å²) in [5.74, 6) is -0.285. The lowest BCUT2D eigenvalue weighted by molar-refractivity contribution is -0.119. The molecule has 1 unspecified atom stereocenters. The molecule has 2 heterocycles. The van der Waals surface area contributed by atoms with Crippen molar-refractivity contribution in [3.63, 3.8) is 0 Å². The van der Waals surface area contributed by atoms with Crippen molar-refractivity contribution in [2.75, 3.05) is 17.2 Å². The fourth-order valence-corrected chi connectivity index (χ4v) is 4.28. The average Bonchev–Trinajstić information content (AvgIpc) is 3.38. The number of carbonyl (C=O) groups excluding carboxylic acids is 2. The number of nitrogens with zero attached hydrogens (tertiary/aromatic N) is 3. The third kappa shape index (κ3) is 4.72. The van der Waals surface area contributed by atoms with Crippen LogP contribution in [0.5, 0.6) is 0 Å². The molecule has 0 spiro atoms. The molecule has 0 bridgehead atoms. The van der Waals surface area contributed by atoms with Crippen LogP contribution in [0.1, 0.15) is 12.8 Å². The van der Waals surface area contributed by atoms with Gasteiger partial charge in [-0.2, -0.15) is 0 Å². The number of anilines is 2. The first kappa shape index (κ1) is 20.6. The number of likely N-dealkylation sites (tertiary alicyclic amines) is 1. The number of aromatic nitrogens is 2. The molecule has 1 aliphatic rings. The van der Waals surface area contributed by atoms with Crippen LogP contribution in [0.2, 0.25) is 10.0 Å². The SMILES string of the molecule is O=C(Nc1nnc(-c2ccc(Cl)cc2)s1)C1CCCN1C(=O)Nc1cccc(Cl)c1. The number of benzene rings is 2. The van der Waals surface area contributed by atoms with Crippen LogP contribution in [0.3, 0.4) is 0 Å².